The summed E-state index contributed by atoms with van der Waals surface area (Å²) in [5, 5.41) is 0. The third-order valence-corrected chi connectivity index (χ3v) is 8.15. The van der Waals surface area contributed by atoms with Gasteiger partial charge >= 0.3 is 0 Å². The molecular formula is C20H26N2O4S2. The van der Waals surface area contributed by atoms with E-state index >= 15 is 0 Å². The molecule has 0 radical (unpaired) electrons. The second-order valence-electron chi connectivity index (χ2n) is 6.84. The number of hydrogen-bond donors (Lipinski definition) is 0. The zero-order valence-corrected chi connectivity index (χ0v) is 17.9. The highest BCUT2D eigenvalue weighted by Gasteiger charge is 2.28. The molecular weight excluding hydrogens is 396 g/mol. The van der Waals surface area contributed by atoms with E-state index in [0.717, 1.165) is 29.0 Å². The number of sulfonamides is 1. The van der Waals surface area contributed by atoms with Crippen LogP contribution in [0.1, 0.15) is 30.2 Å². The number of ether oxygens (including phenoxy) is 1. The van der Waals surface area contributed by atoms with E-state index in [9.17, 15) is 13.2 Å². The van der Waals surface area contributed by atoms with Crippen molar-refractivity contribution < 1.29 is 17.9 Å². The van der Waals surface area contributed by atoms with Gasteiger partial charge in [-0.25, -0.2) is 8.42 Å². The monoisotopic (exact) mass is 422 g/mol. The highest BCUT2D eigenvalue weighted by atomic mass is 32.2. The maximum Gasteiger partial charge on any atom is 0.252 e. The molecule has 8 heteroatoms. The molecule has 1 aromatic carbocycles. The van der Waals surface area contributed by atoms with Crippen molar-refractivity contribution in [3.8, 4) is 5.75 Å². The minimum absolute atomic E-state index is 0.0409. The molecule has 1 aromatic heterocycles. The van der Waals surface area contributed by atoms with Gasteiger partial charge < -0.3 is 9.64 Å². The van der Waals surface area contributed by atoms with Crippen molar-refractivity contribution in [2.24, 2.45) is 0 Å². The molecule has 0 atom stereocenters. The minimum Gasteiger partial charge on any atom is -0.494 e. The molecule has 0 aliphatic carbocycles. The first kappa shape index (κ1) is 20.8. The molecule has 2 heterocycles. The molecule has 0 bridgehead atoms. The second kappa shape index (κ2) is 9.07. The SMILES string of the molecule is CCOc1ccc(CN(C)C(=O)Cc2ccc(S(=O)(=O)N3CCCC3)s2)cc1. The summed E-state index contributed by atoms with van der Waals surface area (Å²) in [6.07, 6.45) is 2.02. The summed E-state index contributed by atoms with van der Waals surface area (Å²) in [5.74, 6) is 0.770. The van der Waals surface area contributed by atoms with Gasteiger partial charge in [0.15, 0.2) is 0 Å². The molecule has 1 saturated heterocycles. The molecule has 6 nitrogen and oxygen atoms in total. The Kier molecular flexibility index (Phi) is 6.74. The van der Waals surface area contributed by atoms with Crippen LogP contribution in [0.5, 0.6) is 5.75 Å². The number of benzene rings is 1. The summed E-state index contributed by atoms with van der Waals surface area (Å²) in [6, 6.07) is 11.0. The van der Waals surface area contributed by atoms with Crippen LogP contribution in [0.4, 0.5) is 0 Å². The molecule has 28 heavy (non-hydrogen) atoms. The molecule has 1 amide bonds. The van der Waals surface area contributed by atoms with Crippen LogP contribution in [0.25, 0.3) is 0 Å². The summed E-state index contributed by atoms with van der Waals surface area (Å²) >= 11 is 1.19. The first-order chi connectivity index (χ1) is 13.4. The number of thiophene rings is 1. The summed E-state index contributed by atoms with van der Waals surface area (Å²) in [5.41, 5.74) is 1.02. The second-order valence-corrected chi connectivity index (χ2v) is 10.2. The van der Waals surface area contributed by atoms with Crippen LogP contribution in [-0.2, 0) is 27.8 Å². The number of carbonyl (C=O) groups excluding carboxylic acids is 1. The lowest BCUT2D eigenvalue weighted by Crippen LogP contribution is -2.27. The number of carbonyl (C=O) groups is 1. The van der Waals surface area contributed by atoms with Crippen molar-refractivity contribution in [2.75, 3.05) is 26.7 Å². The first-order valence-corrected chi connectivity index (χ1v) is 11.7. The van der Waals surface area contributed by atoms with E-state index in [-0.39, 0.29) is 12.3 Å². The average Bonchev–Trinajstić information content (AvgIpc) is 3.36. The van der Waals surface area contributed by atoms with E-state index in [0.29, 0.717) is 30.5 Å². The fourth-order valence-corrected chi connectivity index (χ4v) is 6.17. The maximum atomic E-state index is 12.6. The van der Waals surface area contributed by atoms with Gasteiger partial charge in [0.2, 0.25) is 5.91 Å². The Bertz CT molecular complexity index is 901. The van der Waals surface area contributed by atoms with Gasteiger partial charge in [-0.05, 0) is 49.6 Å². The largest absolute Gasteiger partial charge is 0.494 e. The Labute approximate surface area is 170 Å². The molecule has 0 spiro atoms. The van der Waals surface area contributed by atoms with Crippen LogP contribution in [0.3, 0.4) is 0 Å². The smallest absolute Gasteiger partial charge is 0.252 e. The van der Waals surface area contributed by atoms with E-state index in [4.69, 9.17) is 4.74 Å². The summed E-state index contributed by atoms with van der Waals surface area (Å²) in [7, 11) is -1.66. The Morgan fingerprint density at radius 2 is 1.82 bits per heavy atom. The van der Waals surface area contributed by atoms with E-state index in [1.807, 2.05) is 31.2 Å². The Hall–Kier alpha value is -1.90. The van der Waals surface area contributed by atoms with Crippen molar-refractivity contribution in [1.82, 2.24) is 9.21 Å². The number of hydrogen-bond acceptors (Lipinski definition) is 5. The third kappa shape index (κ3) is 4.92. The van der Waals surface area contributed by atoms with Crippen LogP contribution in [-0.4, -0.2) is 50.3 Å². The van der Waals surface area contributed by atoms with Crippen LogP contribution < -0.4 is 4.74 Å². The standard InChI is InChI=1S/C20H26N2O4S2/c1-3-26-17-8-6-16(7-9-17)15-21(2)19(23)14-18-10-11-20(27-18)28(24,25)22-12-4-5-13-22/h6-11H,3-5,12-15H2,1-2H3. The first-order valence-electron chi connectivity index (χ1n) is 9.44. The highest BCUT2D eigenvalue weighted by molar-refractivity contribution is 7.91. The predicted octanol–water partition coefficient (Wildman–Crippen LogP) is 3.13. The van der Waals surface area contributed by atoms with E-state index < -0.39 is 10.0 Å². The van der Waals surface area contributed by atoms with Crippen molar-refractivity contribution in [3.63, 3.8) is 0 Å². The third-order valence-electron chi connectivity index (χ3n) is 4.70. The lowest BCUT2D eigenvalue weighted by molar-refractivity contribution is -0.129. The molecule has 2 aromatic rings. The van der Waals surface area contributed by atoms with Crippen molar-refractivity contribution in [2.45, 2.75) is 36.9 Å². The van der Waals surface area contributed by atoms with Gasteiger partial charge in [0.25, 0.3) is 10.0 Å². The zero-order valence-electron chi connectivity index (χ0n) is 16.3. The molecule has 1 aliphatic heterocycles. The van der Waals surface area contributed by atoms with Gasteiger partial charge in [-0.15, -0.1) is 11.3 Å². The average molecular weight is 423 g/mol. The van der Waals surface area contributed by atoms with Crippen LogP contribution in [0, 0.1) is 0 Å². The Balaban J connectivity index is 1.59. The number of likely N-dealkylation sites (N-methyl/N-ethyl adjacent to an activating group) is 1. The molecule has 1 aliphatic rings. The summed E-state index contributed by atoms with van der Waals surface area (Å²) in [6.45, 7) is 4.22. The summed E-state index contributed by atoms with van der Waals surface area (Å²) < 4.78 is 32.5. The number of rotatable bonds is 8. The van der Waals surface area contributed by atoms with Gasteiger partial charge in [0.05, 0.1) is 13.0 Å². The lowest BCUT2D eigenvalue weighted by atomic mass is 10.2. The lowest BCUT2D eigenvalue weighted by Gasteiger charge is -2.17. The van der Waals surface area contributed by atoms with E-state index in [1.165, 1.54) is 15.6 Å². The highest BCUT2D eigenvalue weighted by Crippen LogP contribution is 2.28. The fraction of sp³-hybridized carbons (Fsp3) is 0.450. The molecule has 0 unspecified atom stereocenters. The van der Waals surface area contributed by atoms with E-state index in [2.05, 4.69) is 0 Å². The van der Waals surface area contributed by atoms with Gasteiger partial charge in [0.1, 0.15) is 9.96 Å². The Morgan fingerprint density at radius 3 is 2.46 bits per heavy atom. The molecule has 0 saturated carbocycles. The topological polar surface area (TPSA) is 66.9 Å². The fourth-order valence-electron chi connectivity index (χ4n) is 3.15. The van der Waals surface area contributed by atoms with Crippen LogP contribution in [0.15, 0.2) is 40.6 Å². The van der Waals surface area contributed by atoms with Gasteiger partial charge in [0, 0.05) is 31.6 Å². The zero-order chi connectivity index (χ0) is 20.1. The molecule has 0 N–H and O–H groups in total. The van der Waals surface area contributed by atoms with Crippen molar-refractivity contribution >= 4 is 27.3 Å². The summed E-state index contributed by atoms with van der Waals surface area (Å²) in [4.78, 5) is 15.0. The van der Waals surface area contributed by atoms with Gasteiger partial charge in [-0.3, -0.25) is 4.79 Å². The number of nitrogens with zero attached hydrogens (tertiary/aromatic N) is 2. The van der Waals surface area contributed by atoms with Crippen molar-refractivity contribution in [1.29, 1.82) is 0 Å². The minimum atomic E-state index is -3.42. The predicted molar refractivity (Wildman–Crippen MR) is 110 cm³/mol. The van der Waals surface area contributed by atoms with Gasteiger partial charge in [-0.2, -0.15) is 4.31 Å². The number of amides is 1. The van der Waals surface area contributed by atoms with Crippen LogP contribution >= 0.6 is 11.3 Å². The quantitative estimate of drug-likeness (QED) is 0.656. The van der Waals surface area contributed by atoms with Crippen molar-refractivity contribution in [3.05, 3.63) is 46.8 Å². The normalized spacial score (nSPS) is 14.9. The van der Waals surface area contributed by atoms with Crippen LogP contribution in [0.2, 0.25) is 0 Å². The molecule has 152 valence electrons. The van der Waals surface area contributed by atoms with Gasteiger partial charge in [-0.1, -0.05) is 12.1 Å². The molecule has 3 rings (SSSR count). The van der Waals surface area contributed by atoms with E-state index in [1.54, 1.807) is 24.1 Å². The Morgan fingerprint density at radius 1 is 1.14 bits per heavy atom. The molecule has 1 fully saturated rings. The maximum absolute atomic E-state index is 12.6.